The average Bonchev–Trinajstić information content (AvgIpc) is 3.08. The van der Waals surface area contributed by atoms with Gasteiger partial charge in [-0.15, -0.1) is 0 Å². The van der Waals surface area contributed by atoms with Crippen molar-refractivity contribution < 1.29 is 13.2 Å². The minimum Gasteiger partial charge on any atom is -0.274 e. The number of unbranched alkanes of at least 4 members (excludes halogenated alkanes) is 1. The monoisotopic (exact) mass is 424 g/mol. The highest BCUT2D eigenvalue weighted by molar-refractivity contribution is 7.90. The first-order valence-electron chi connectivity index (χ1n) is 9.70. The number of benzene rings is 1. The summed E-state index contributed by atoms with van der Waals surface area (Å²) < 4.78 is 27.0. The highest BCUT2D eigenvalue weighted by Crippen LogP contribution is 2.32. The van der Waals surface area contributed by atoms with E-state index in [1.165, 1.54) is 49.7 Å². The molecule has 1 aliphatic rings. The molecule has 0 saturated heterocycles. The molecule has 0 spiro atoms. The SMILES string of the molecule is CCCCC1CCC(C(=O)n2ccn(S(=O)(=O)c3ccc(Cl)cc3)c2=O)CC1. The van der Waals surface area contributed by atoms with E-state index < -0.39 is 15.7 Å². The Balaban J connectivity index is 1.77. The normalized spacial score (nSPS) is 20.2. The van der Waals surface area contributed by atoms with Crippen molar-refractivity contribution in [2.45, 2.75) is 56.8 Å². The number of carbonyl (C=O) groups is 1. The Kier molecular flexibility index (Phi) is 6.45. The van der Waals surface area contributed by atoms with Crippen LogP contribution in [0.1, 0.15) is 56.7 Å². The van der Waals surface area contributed by atoms with Gasteiger partial charge in [0, 0.05) is 23.3 Å². The topological polar surface area (TPSA) is 78.1 Å². The van der Waals surface area contributed by atoms with Gasteiger partial charge in [0.05, 0.1) is 4.90 Å². The molecule has 0 unspecified atom stereocenters. The molecule has 0 radical (unpaired) electrons. The zero-order valence-corrected chi connectivity index (χ0v) is 17.5. The number of nitrogens with zero attached hydrogens (tertiary/aromatic N) is 2. The van der Waals surface area contributed by atoms with Crippen LogP contribution in [-0.4, -0.2) is 22.9 Å². The summed E-state index contributed by atoms with van der Waals surface area (Å²) in [5.74, 6) is 0.101. The first-order valence-corrected chi connectivity index (χ1v) is 11.5. The Morgan fingerprint density at radius 1 is 1.11 bits per heavy atom. The lowest BCUT2D eigenvalue weighted by Gasteiger charge is -2.27. The minimum atomic E-state index is -4.08. The van der Waals surface area contributed by atoms with Gasteiger partial charge in [0.1, 0.15) is 0 Å². The Morgan fingerprint density at radius 3 is 2.36 bits per heavy atom. The van der Waals surface area contributed by atoms with Gasteiger partial charge in [0.25, 0.3) is 10.0 Å². The molecule has 0 bridgehead atoms. The standard InChI is InChI=1S/C20H25ClN2O4S/c1-2-3-4-15-5-7-16(8-6-15)19(24)22-13-14-23(20(22)25)28(26,27)18-11-9-17(21)10-12-18/h9-16H,2-8H2,1H3. The van der Waals surface area contributed by atoms with Crippen LogP contribution in [0.4, 0.5) is 0 Å². The lowest BCUT2D eigenvalue weighted by atomic mass is 9.79. The summed E-state index contributed by atoms with van der Waals surface area (Å²) in [6.07, 6.45) is 9.40. The molecule has 0 aliphatic heterocycles. The quantitative estimate of drug-likeness (QED) is 0.696. The van der Waals surface area contributed by atoms with E-state index in [0.717, 1.165) is 36.4 Å². The van der Waals surface area contributed by atoms with Gasteiger partial charge in [-0.2, -0.15) is 3.97 Å². The lowest BCUT2D eigenvalue weighted by molar-refractivity contribution is 0.0776. The van der Waals surface area contributed by atoms with Crippen molar-refractivity contribution in [2.24, 2.45) is 11.8 Å². The number of aromatic nitrogens is 2. The zero-order chi connectivity index (χ0) is 20.3. The van der Waals surface area contributed by atoms with Crippen LogP contribution in [0.25, 0.3) is 0 Å². The van der Waals surface area contributed by atoms with E-state index in [-0.39, 0.29) is 16.7 Å². The fourth-order valence-electron chi connectivity index (χ4n) is 3.82. The largest absolute Gasteiger partial charge is 0.349 e. The highest BCUT2D eigenvalue weighted by Gasteiger charge is 2.29. The van der Waals surface area contributed by atoms with Gasteiger partial charge in [-0.1, -0.05) is 37.8 Å². The van der Waals surface area contributed by atoms with Gasteiger partial charge in [-0.25, -0.2) is 17.8 Å². The second-order valence-electron chi connectivity index (χ2n) is 7.40. The van der Waals surface area contributed by atoms with Crippen LogP contribution < -0.4 is 5.69 Å². The van der Waals surface area contributed by atoms with Gasteiger partial charge in [0.15, 0.2) is 0 Å². The maximum atomic E-state index is 12.8. The van der Waals surface area contributed by atoms with Crippen molar-refractivity contribution in [1.29, 1.82) is 0 Å². The average molecular weight is 425 g/mol. The zero-order valence-electron chi connectivity index (χ0n) is 15.9. The van der Waals surface area contributed by atoms with E-state index in [9.17, 15) is 18.0 Å². The van der Waals surface area contributed by atoms with E-state index in [1.807, 2.05) is 0 Å². The molecule has 28 heavy (non-hydrogen) atoms. The van der Waals surface area contributed by atoms with Crippen molar-refractivity contribution >= 4 is 27.5 Å². The molecular weight excluding hydrogens is 400 g/mol. The summed E-state index contributed by atoms with van der Waals surface area (Å²) in [6, 6.07) is 5.55. The van der Waals surface area contributed by atoms with E-state index >= 15 is 0 Å². The van der Waals surface area contributed by atoms with Crippen LogP contribution in [0.2, 0.25) is 5.02 Å². The number of halogens is 1. The third kappa shape index (κ3) is 4.25. The molecule has 1 heterocycles. The molecule has 2 aromatic rings. The van der Waals surface area contributed by atoms with Gasteiger partial charge >= 0.3 is 5.69 Å². The molecule has 1 aromatic heterocycles. The van der Waals surface area contributed by atoms with Gasteiger partial charge < -0.3 is 0 Å². The van der Waals surface area contributed by atoms with Crippen LogP contribution in [0.5, 0.6) is 0 Å². The fraction of sp³-hybridized carbons (Fsp3) is 0.500. The molecule has 1 fully saturated rings. The third-order valence-electron chi connectivity index (χ3n) is 5.52. The highest BCUT2D eigenvalue weighted by atomic mass is 35.5. The van der Waals surface area contributed by atoms with Crippen molar-refractivity contribution in [2.75, 3.05) is 0 Å². The number of carbonyl (C=O) groups excluding carboxylic acids is 1. The number of imidazole rings is 1. The molecule has 3 rings (SSSR count). The fourth-order valence-corrected chi connectivity index (χ4v) is 5.16. The molecule has 8 heteroatoms. The molecular formula is C20H25ClN2O4S. The first kappa shape index (κ1) is 20.9. The van der Waals surface area contributed by atoms with E-state index in [1.54, 1.807) is 0 Å². The third-order valence-corrected chi connectivity index (χ3v) is 7.43. The number of hydrogen-bond acceptors (Lipinski definition) is 4. The maximum Gasteiger partial charge on any atom is 0.349 e. The van der Waals surface area contributed by atoms with E-state index in [0.29, 0.717) is 14.9 Å². The molecule has 1 aliphatic carbocycles. The first-order chi connectivity index (χ1) is 13.3. The molecule has 1 aromatic carbocycles. The molecule has 0 amide bonds. The van der Waals surface area contributed by atoms with Crippen molar-refractivity contribution in [3.8, 4) is 0 Å². The summed E-state index contributed by atoms with van der Waals surface area (Å²) in [5, 5.41) is 0.397. The van der Waals surface area contributed by atoms with Gasteiger partial charge in [-0.05, 0) is 55.9 Å². The predicted molar refractivity (Wildman–Crippen MR) is 108 cm³/mol. The summed E-state index contributed by atoms with van der Waals surface area (Å²) in [7, 11) is -4.08. The smallest absolute Gasteiger partial charge is 0.274 e. The molecule has 1 saturated carbocycles. The number of rotatable bonds is 6. The number of hydrogen-bond donors (Lipinski definition) is 0. The summed E-state index contributed by atoms with van der Waals surface area (Å²) >= 11 is 5.80. The van der Waals surface area contributed by atoms with Gasteiger partial charge in [-0.3, -0.25) is 4.79 Å². The van der Waals surface area contributed by atoms with E-state index in [2.05, 4.69) is 6.92 Å². The Labute approximate surface area is 170 Å². The Bertz CT molecular complexity index is 984. The minimum absolute atomic E-state index is 0.0550. The molecule has 0 N–H and O–H groups in total. The van der Waals surface area contributed by atoms with Crippen molar-refractivity contribution in [1.82, 2.24) is 8.54 Å². The van der Waals surface area contributed by atoms with E-state index in [4.69, 9.17) is 11.6 Å². The second-order valence-corrected chi connectivity index (χ2v) is 9.65. The van der Waals surface area contributed by atoms with Crippen LogP contribution >= 0.6 is 11.6 Å². The summed E-state index contributed by atoms with van der Waals surface area (Å²) in [5.41, 5.74) is -0.854. The van der Waals surface area contributed by atoms with Crippen molar-refractivity contribution in [3.05, 3.63) is 52.2 Å². The van der Waals surface area contributed by atoms with Crippen LogP contribution in [0.3, 0.4) is 0 Å². The molecule has 0 atom stereocenters. The van der Waals surface area contributed by atoms with Crippen molar-refractivity contribution in [3.63, 3.8) is 0 Å². The molecule has 152 valence electrons. The van der Waals surface area contributed by atoms with Crippen LogP contribution in [-0.2, 0) is 10.0 Å². The van der Waals surface area contributed by atoms with Crippen LogP contribution in [0, 0.1) is 11.8 Å². The summed E-state index contributed by atoms with van der Waals surface area (Å²) in [6.45, 7) is 2.17. The lowest BCUT2D eigenvalue weighted by Crippen LogP contribution is -2.36. The van der Waals surface area contributed by atoms with Crippen LogP contribution in [0.15, 0.2) is 46.3 Å². The summed E-state index contributed by atoms with van der Waals surface area (Å²) in [4.78, 5) is 25.4. The predicted octanol–water partition coefficient (Wildman–Crippen LogP) is 4.18. The Morgan fingerprint density at radius 2 is 1.75 bits per heavy atom. The maximum absolute atomic E-state index is 12.8. The Hall–Kier alpha value is -1.86. The molecule has 6 nitrogen and oxygen atoms in total. The van der Waals surface area contributed by atoms with Gasteiger partial charge in [0.2, 0.25) is 5.91 Å². The second kappa shape index (κ2) is 8.66.